The van der Waals surface area contributed by atoms with Crippen molar-refractivity contribution in [2.24, 2.45) is 17.3 Å². The van der Waals surface area contributed by atoms with Crippen LogP contribution in [0.25, 0.3) is 0 Å². The molecule has 2 N–H and O–H groups in total. The molecule has 2 fully saturated rings. The second-order valence-electron chi connectivity index (χ2n) is 11.6. The molecule has 192 valence electrons. The average Bonchev–Trinajstić information content (AvgIpc) is 3.06. The van der Waals surface area contributed by atoms with E-state index in [0.29, 0.717) is 18.4 Å². The molecule has 0 aromatic heterocycles. The number of aliphatic hydroxyl groups excluding tert-OH is 2. The van der Waals surface area contributed by atoms with Crippen molar-refractivity contribution in [3.63, 3.8) is 0 Å². The first-order chi connectivity index (χ1) is 15.5. The van der Waals surface area contributed by atoms with Crippen LogP contribution in [-0.2, 0) is 9.84 Å². The van der Waals surface area contributed by atoms with Gasteiger partial charge in [-0.1, -0.05) is 49.8 Å². The Bertz CT molecular complexity index is 1020. The maximum Gasteiger partial charge on any atom is 0.346 e. The van der Waals surface area contributed by atoms with Crippen LogP contribution in [0, 0.1) is 17.3 Å². The molecule has 0 heterocycles. The molecule has 0 unspecified atom stereocenters. The number of hydrogen-bond acceptors (Lipinski definition) is 4. The van der Waals surface area contributed by atoms with Crippen molar-refractivity contribution in [3.05, 3.63) is 47.1 Å². The summed E-state index contributed by atoms with van der Waals surface area (Å²) in [7, 11) is -4.62. The van der Waals surface area contributed by atoms with Crippen LogP contribution in [0.5, 0.6) is 0 Å². The van der Waals surface area contributed by atoms with Gasteiger partial charge in [0.2, 0.25) is 9.84 Å². The van der Waals surface area contributed by atoms with Gasteiger partial charge in [0.1, 0.15) is 0 Å². The SMILES string of the molecule is C=C1/C(=C\C=C2/CCC[C@]3(C)C([C@H](C)CC(F)(F)S(=O)(=O)C(C)(C)C)=CC[C@@H]23)C[C@@H](O)C[C@@H]1O. The highest BCUT2D eigenvalue weighted by Crippen LogP contribution is 2.57. The Balaban J connectivity index is 1.82. The van der Waals surface area contributed by atoms with E-state index in [-0.39, 0.29) is 11.3 Å². The van der Waals surface area contributed by atoms with Gasteiger partial charge >= 0.3 is 5.25 Å². The predicted molar refractivity (Wildman–Crippen MR) is 132 cm³/mol. The molecule has 0 aromatic carbocycles. The molecule has 0 aliphatic heterocycles. The summed E-state index contributed by atoms with van der Waals surface area (Å²) in [4.78, 5) is 0. The van der Waals surface area contributed by atoms with Crippen molar-refractivity contribution in [3.8, 4) is 0 Å². The third kappa shape index (κ3) is 4.85. The summed E-state index contributed by atoms with van der Waals surface area (Å²) in [5.41, 5.74) is 3.37. The van der Waals surface area contributed by atoms with Gasteiger partial charge in [-0.25, -0.2) is 8.42 Å². The van der Waals surface area contributed by atoms with E-state index in [2.05, 4.69) is 25.7 Å². The minimum atomic E-state index is -4.62. The van der Waals surface area contributed by atoms with E-state index in [1.165, 1.54) is 26.3 Å². The lowest BCUT2D eigenvalue weighted by Gasteiger charge is -2.43. The zero-order valence-corrected chi connectivity index (χ0v) is 21.9. The number of fused-ring (bicyclic) bond motifs is 1. The summed E-state index contributed by atoms with van der Waals surface area (Å²) in [6, 6.07) is 0. The summed E-state index contributed by atoms with van der Waals surface area (Å²) in [5.74, 6) is -0.377. The summed E-state index contributed by atoms with van der Waals surface area (Å²) in [6.45, 7) is 11.8. The van der Waals surface area contributed by atoms with Gasteiger partial charge in [0.25, 0.3) is 0 Å². The lowest BCUT2D eigenvalue weighted by Crippen LogP contribution is -2.43. The fourth-order valence-corrected chi connectivity index (χ4v) is 7.47. The number of hydrogen-bond donors (Lipinski definition) is 2. The minimum absolute atomic E-state index is 0.176. The van der Waals surface area contributed by atoms with Crippen LogP contribution in [0.4, 0.5) is 8.78 Å². The van der Waals surface area contributed by atoms with Gasteiger partial charge < -0.3 is 10.2 Å². The van der Waals surface area contributed by atoms with Crippen molar-refractivity contribution in [1.82, 2.24) is 0 Å². The highest BCUT2D eigenvalue weighted by molar-refractivity contribution is 7.93. The molecule has 4 nitrogen and oxygen atoms in total. The lowest BCUT2D eigenvalue weighted by atomic mass is 9.62. The van der Waals surface area contributed by atoms with Gasteiger partial charge in [0.15, 0.2) is 0 Å². The number of aliphatic hydroxyl groups is 2. The van der Waals surface area contributed by atoms with Gasteiger partial charge in [-0.15, -0.1) is 0 Å². The molecule has 0 bridgehead atoms. The summed E-state index contributed by atoms with van der Waals surface area (Å²) in [6.07, 6.45) is 8.24. The smallest absolute Gasteiger partial charge is 0.346 e. The maximum absolute atomic E-state index is 15.0. The molecule has 7 heteroatoms. The fourth-order valence-electron chi connectivity index (χ4n) is 6.10. The Labute approximate surface area is 203 Å². The van der Waals surface area contributed by atoms with Crippen molar-refractivity contribution in [2.45, 2.75) is 102 Å². The Kier molecular flexibility index (Phi) is 7.45. The highest BCUT2D eigenvalue weighted by atomic mass is 32.2. The molecule has 5 atom stereocenters. The van der Waals surface area contributed by atoms with Crippen molar-refractivity contribution in [2.75, 3.05) is 0 Å². The largest absolute Gasteiger partial charge is 0.393 e. The molecule has 0 saturated heterocycles. The van der Waals surface area contributed by atoms with Crippen molar-refractivity contribution in [1.29, 1.82) is 0 Å². The molecule has 3 rings (SSSR count). The van der Waals surface area contributed by atoms with E-state index in [9.17, 15) is 27.4 Å². The van der Waals surface area contributed by atoms with Crippen LogP contribution in [0.1, 0.15) is 79.6 Å². The number of halogens is 2. The van der Waals surface area contributed by atoms with Gasteiger partial charge in [0.05, 0.1) is 17.0 Å². The van der Waals surface area contributed by atoms with Gasteiger partial charge in [0, 0.05) is 12.8 Å². The first kappa shape index (κ1) is 27.3. The Morgan fingerprint density at radius 1 is 1.26 bits per heavy atom. The number of rotatable bonds is 5. The molecule has 0 aromatic rings. The quantitative estimate of drug-likeness (QED) is 0.464. The van der Waals surface area contributed by atoms with E-state index in [0.717, 1.165) is 36.8 Å². The molecule has 0 radical (unpaired) electrons. The molecular weight excluding hydrogens is 458 g/mol. The molecule has 3 aliphatic carbocycles. The van der Waals surface area contributed by atoms with Crippen molar-refractivity contribution < 1.29 is 27.4 Å². The van der Waals surface area contributed by atoms with E-state index < -0.39 is 44.4 Å². The fraction of sp³-hybridized carbons (Fsp3) is 0.704. The molecule has 0 amide bonds. The summed E-state index contributed by atoms with van der Waals surface area (Å²) in [5, 5.41) is 16.3. The second kappa shape index (κ2) is 9.29. The van der Waals surface area contributed by atoms with E-state index in [4.69, 9.17) is 0 Å². The van der Waals surface area contributed by atoms with Crippen LogP contribution in [0.2, 0.25) is 0 Å². The minimum Gasteiger partial charge on any atom is -0.393 e. The Hall–Kier alpha value is -1.31. The first-order valence-corrected chi connectivity index (χ1v) is 13.8. The normalized spacial score (nSPS) is 34.3. The van der Waals surface area contributed by atoms with Gasteiger partial charge in [-0.2, -0.15) is 8.78 Å². The zero-order valence-electron chi connectivity index (χ0n) is 21.1. The van der Waals surface area contributed by atoms with Crippen molar-refractivity contribution >= 4 is 9.84 Å². The third-order valence-corrected chi connectivity index (χ3v) is 10.7. The van der Waals surface area contributed by atoms with Crippen LogP contribution in [0.3, 0.4) is 0 Å². The summed E-state index contributed by atoms with van der Waals surface area (Å²) < 4.78 is 53.5. The first-order valence-electron chi connectivity index (χ1n) is 12.3. The van der Waals surface area contributed by atoms with Crippen LogP contribution in [-0.4, -0.2) is 40.8 Å². The monoisotopic (exact) mass is 498 g/mol. The predicted octanol–water partition coefficient (Wildman–Crippen LogP) is 5.88. The number of alkyl halides is 2. The molecule has 2 saturated carbocycles. The average molecular weight is 499 g/mol. The molecule has 3 aliphatic rings. The van der Waals surface area contributed by atoms with Gasteiger partial charge in [-0.05, 0) is 81.3 Å². The van der Waals surface area contributed by atoms with Gasteiger partial charge in [-0.3, -0.25) is 0 Å². The Morgan fingerprint density at radius 3 is 2.53 bits per heavy atom. The second-order valence-corrected chi connectivity index (χ2v) is 14.5. The van der Waals surface area contributed by atoms with Crippen LogP contribution < -0.4 is 0 Å². The van der Waals surface area contributed by atoms with Crippen LogP contribution in [0.15, 0.2) is 47.1 Å². The molecule has 34 heavy (non-hydrogen) atoms. The Morgan fingerprint density at radius 2 is 1.91 bits per heavy atom. The molecular formula is C27H40F2O4S. The standard InChI is InChI=1S/C27H40F2O4S/c1-17(16-27(28,29)34(32,33)25(3,4)5)22-11-12-23-19(8-7-13-26(22,23)6)9-10-20-14-21(30)15-24(31)18(20)2/h9-11,17,21,23-24,30-31H,2,7-8,12-16H2,1,3-6H3/b19-9+,20-10-/t17-,21-,23+,24+,26-/m1/s1. The van der Waals surface area contributed by atoms with E-state index in [1.54, 1.807) is 6.92 Å². The van der Waals surface area contributed by atoms with E-state index in [1.807, 2.05) is 6.08 Å². The number of allylic oxidation sites excluding steroid dienone is 5. The maximum atomic E-state index is 15.0. The lowest BCUT2D eigenvalue weighted by molar-refractivity contribution is 0.0632. The van der Waals surface area contributed by atoms with Crippen LogP contribution >= 0.6 is 0 Å². The number of sulfone groups is 1. The highest BCUT2D eigenvalue weighted by Gasteiger charge is 2.54. The third-order valence-electron chi connectivity index (χ3n) is 8.15. The zero-order chi connectivity index (χ0) is 25.7. The van der Waals surface area contributed by atoms with E-state index >= 15 is 0 Å². The molecule has 0 spiro atoms. The topological polar surface area (TPSA) is 74.6 Å². The summed E-state index contributed by atoms with van der Waals surface area (Å²) >= 11 is 0.